The Morgan fingerprint density at radius 3 is 2.95 bits per heavy atom. The maximum Gasteiger partial charge on any atom is 0.258 e. The summed E-state index contributed by atoms with van der Waals surface area (Å²) in [6.45, 7) is 1.43. The predicted octanol–water partition coefficient (Wildman–Crippen LogP) is 2.29. The zero-order valence-corrected chi connectivity index (χ0v) is 11.2. The lowest BCUT2D eigenvalue weighted by atomic mass is 10.1. The first-order chi connectivity index (χ1) is 9.54. The summed E-state index contributed by atoms with van der Waals surface area (Å²) in [5.74, 6) is 0.303. The van der Waals surface area contributed by atoms with Gasteiger partial charge in [0.05, 0.1) is 18.7 Å². The SMILES string of the molecule is Cc1oc2ccccc2c1C(=O)N1CCC(F)(CO)C1. The van der Waals surface area contributed by atoms with E-state index in [2.05, 4.69) is 0 Å². The summed E-state index contributed by atoms with van der Waals surface area (Å²) in [5.41, 5.74) is -0.535. The molecule has 106 valence electrons. The number of halogens is 1. The summed E-state index contributed by atoms with van der Waals surface area (Å²) in [4.78, 5) is 14.0. The Hall–Kier alpha value is -1.88. The molecule has 1 aliphatic rings. The second-order valence-corrected chi connectivity index (χ2v) is 5.32. The molecule has 0 bridgehead atoms. The minimum absolute atomic E-state index is 0.0682. The van der Waals surface area contributed by atoms with Gasteiger partial charge < -0.3 is 14.4 Å². The number of amides is 1. The molecular weight excluding hydrogens is 261 g/mol. The first-order valence-corrected chi connectivity index (χ1v) is 6.61. The van der Waals surface area contributed by atoms with E-state index in [1.165, 1.54) is 4.90 Å². The first-order valence-electron chi connectivity index (χ1n) is 6.61. The number of carbonyl (C=O) groups is 1. The molecule has 1 saturated heterocycles. The minimum atomic E-state index is -1.68. The van der Waals surface area contributed by atoms with E-state index in [1.54, 1.807) is 13.0 Å². The van der Waals surface area contributed by atoms with Gasteiger partial charge in [0.2, 0.25) is 0 Å². The zero-order chi connectivity index (χ0) is 14.3. The topological polar surface area (TPSA) is 53.7 Å². The van der Waals surface area contributed by atoms with E-state index in [0.717, 1.165) is 5.39 Å². The molecule has 1 amide bonds. The molecule has 1 aromatic heterocycles. The molecule has 5 heteroatoms. The van der Waals surface area contributed by atoms with Crippen LogP contribution in [0, 0.1) is 6.92 Å². The third-order valence-corrected chi connectivity index (χ3v) is 3.86. The highest BCUT2D eigenvalue weighted by atomic mass is 19.1. The standard InChI is InChI=1S/C15H16FNO3/c1-10-13(11-4-2-3-5-12(11)20-10)14(19)17-7-6-15(16,8-17)9-18/h2-5,18H,6-9H2,1H3. The van der Waals surface area contributed by atoms with Crippen LogP contribution in [-0.2, 0) is 0 Å². The number of nitrogens with zero attached hydrogens (tertiary/aromatic N) is 1. The van der Waals surface area contributed by atoms with E-state index < -0.39 is 12.3 Å². The maximum atomic E-state index is 14.0. The molecule has 1 aromatic carbocycles. The number of fused-ring (bicyclic) bond motifs is 1. The van der Waals surface area contributed by atoms with Crippen molar-refractivity contribution in [2.24, 2.45) is 0 Å². The molecule has 1 N–H and O–H groups in total. The average Bonchev–Trinajstić information content (AvgIpc) is 2.99. The molecule has 0 spiro atoms. The van der Waals surface area contributed by atoms with Gasteiger partial charge in [0.25, 0.3) is 5.91 Å². The van der Waals surface area contributed by atoms with E-state index >= 15 is 0 Å². The predicted molar refractivity (Wildman–Crippen MR) is 72.4 cm³/mol. The van der Waals surface area contributed by atoms with Crippen LogP contribution in [0.25, 0.3) is 11.0 Å². The van der Waals surface area contributed by atoms with Gasteiger partial charge in [-0.15, -0.1) is 0 Å². The van der Waals surface area contributed by atoms with Gasteiger partial charge in [0.15, 0.2) is 5.67 Å². The number of hydrogen-bond acceptors (Lipinski definition) is 3. The van der Waals surface area contributed by atoms with E-state index in [1.807, 2.05) is 18.2 Å². The number of aliphatic hydroxyl groups is 1. The number of likely N-dealkylation sites (tertiary alicyclic amines) is 1. The normalized spacial score (nSPS) is 22.6. The Morgan fingerprint density at radius 1 is 1.50 bits per heavy atom. The summed E-state index contributed by atoms with van der Waals surface area (Å²) in [7, 11) is 0. The molecule has 3 rings (SSSR count). The molecule has 0 radical (unpaired) electrons. The summed E-state index contributed by atoms with van der Waals surface area (Å²) in [6, 6.07) is 7.30. The van der Waals surface area contributed by atoms with Crippen molar-refractivity contribution >= 4 is 16.9 Å². The van der Waals surface area contributed by atoms with Gasteiger partial charge in [0, 0.05) is 18.4 Å². The molecule has 0 aliphatic carbocycles. The molecule has 1 fully saturated rings. The average molecular weight is 277 g/mol. The number of hydrogen-bond donors (Lipinski definition) is 1. The van der Waals surface area contributed by atoms with Gasteiger partial charge in [-0.05, 0) is 13.0 Å². The molecule has 2 aromatic rings. The fourth-order valence-electron chi connectivity index (χ4n) is 2.73. The van der Waals surface area contributed by atoms with Crippen molar-refractivity contribution in [3.05, 3.63) is 35.6 Å². The molecule has 4 nitrogen and oxygen atoms in total. The molecule has 1 atom stereocenters. The van der Waals surface area contributed by atoms with Gasteiger partial charge in [-0.3, -0.25) is 4.79 Å². The van der Waals surface area contributed by atoms with Crippen molar-refractivity contribution in [3.63, 3.8) is 0 Å². The number of aliphatic hydroxyl groups excluding tert-OH is 1. The van der Waals surface area contributed by atoms with Gasteiger partial charge >= 0.3 is 0 Å². The number of para-hydroxylation sites is 1. The lowest BCUT2D eigenvalue weighted by molar-refractivity contribution is 0.0631. The summed E-state index contributed by atoms with van der Waals surface area (Å²) < 4.78 is 19.6. The van der Waals surface area contributed by atoms with Crippen LogP contribution in [0.4, 0.5) is 4.39 Å². The quantitative estimate of drug-likeness (QED) is 0.916. The zero-order valence-electron chi connectivity index (χ0n) is 11.2. The van der Waals surface area contributed by atoms with Crippen LogP contribution in [0.2, 0.25) is 0 Å². The van der Waals surface area contributed by atoms with Crippen molar-refractivity contribution in [2.45, 2.75) is 19.0 Å². The Morgan fingerprint density at radius 2 is 2.25 bits per heavy atom. The Bertz CT molecular complexity index is 666. The highest BCUT2D eigenvalue weighted by Crippen LogP contribution is 2.30. The van der Waals surface area contributed by atoms with Crippen molar-refractivity contribution in [1.82, 2.24) is 4.90 Å². The van der Waals surface area contributed by atoms with Gasteiger partial charge in [0.1, 0.15) is 11.3 Å². The summed E-state index contributed by atoms with van der Waals surface area (Å²) in [6.07, 6.45) is 0.171. The molecule has 0 saturated carbocycles. The number of rotatable bonds is 2. The second kappa shape index (κ2) is 4.59. The number of alkyl halides is 1. The van der Waals surface area contributed by atoms with Crippen molar-refractivity contribution in [3.8, 4) is 0 Å². The van der Waals surface area contributed by atoms with Crippen LogP contribution in [0.15, 0.2) is 28.7 Å². The fourth-order valence-corrected chi connectivity index (χ4v) is 2.73. The van der Waals surface area contributed by atoms with Crippen LogP contribution in [-0.4, -0.2) is 41.3 Å². The van der Waals surface area contributed by atoms with Crippen molar-refractivity contribution in [2.75, 3.05) is 19.7 Å². The second-order valence-electron chi connectivity index (χ2n) is 5.32. The number of aryl methyl sites for hydroxylation is 1. The van der Waals surface area contributed by atoms with E-state index in [-0.39, 0.29) is 18.9 Å². The maximum absolute atomic E-state index is 14.0. The number of benzene rings is 1. The number of carbonyl (C=O) groups excluding carboxylic acids is 1. The van der Waals surface area contributed by atoms with Crippen LogP contribution in [0.1, 0.15) is 22.5 Å². The van der Waals surface area contributed by atoms with Crippen LogP contribution < -0.4 is 0 Å². The Labute approximate surface area is 115 Å². The molecule has 1 aliphatic heterocycles. The monoisotopic (exact) mass is 277 g/mol. The first kappa shape index (κ1) is 13.1. The van der Waals surface area contributed by atoms with E-state index in [9.17, 15) is 9.18 Å². The summed E-state index contributed by atoms with van der Waals surface area (Å²) in [5, 5.41) is 9.80. The van der Waals surface area contributed by atoms with Gasteiger partial charge in [-0.25, -0.2) is 4.39 Å². The van der Waals surface area contributed by atoms with Gasteiger partial charge in [-0.2, -0.15) is 0 Å². The Kier molecular flexibility index (Phi) is 3.01. The Balaban J connectivity index is 1.96. The minimum Gasteiger partial charge on any atom is -0.461 e. The molecular formula is C15H16FNO3. The smallest absolute Gasteiger partial charge is 0.258 e. The van der Waals surface area contributed by atoms with E-state index in [4.69, 9.17) is 9.52 Å². The lowest BCUT2D eigenvalue weighted by Crippen LogP contribution is -2.35. The number of furan rings is 1. The van der Waals surface area contributed by atoms with Crippen LogP contribution in [0.3, 0.4) is 0 Å². The van der Waals surface area contributed by atoms with Crippen molar-refractivity contribution < 1.29 is 18.7 Å². The van der Waals surface area contributed by atoms with Crippen LogP contribution >= 0.6 is 0 Å². The molecule has 2 heterocycles. The summed E-state index contributed by atoms with van der Waals surface area (Å²) >= 11 is 0. The largest absolute Gasteiger partial charge is 0.461 e. The molecule has 1 unspecified atom stereocenters. The third-order valence-electron chi connectivity index (χ3n) is 3.86. The third kappa shape index (κ3) is 1.98. The van der Waals surface area contributed by atoms with Gasteiger partial charge in [-0.1, -0.05) is 18.2 Å². The lowest BCUT2D eigenvalue weighted by Gasteiger charge is -2.18. The fraction of sp³-hybridized carbons (Fsp3) is 0.400. The highest BCUT2D eigenvalue weighted by molar-refractivity contribution is 6.07. The molecule has 20 heavy (non-hydrogen) atoms. The highest BCUT2D eigenvalue weighted by Gasteiger charge is 2.40. The van der Waals surface area contributed by atoms with Crippen LogP contribution in [0.5, 0.6) is 0 Å². The van der Waals surface area contributed by atoms with Crippen molar-refractivity contribution in [1.29, 1.82) is 0 Å². The van der Waals surface area contributed by atoms with E-state index in [0.29, 0.717) is 23.5 Å².